The van der Waals surface area contributed by atoms with Crippen molar-refractivity contribution in [3.8, 4) is 0 Å². The lowest BCUT2D eigenvalue weighted by Crippen LogP contribution is -2.46. The Morgan fingerprint density at radius 2 is 2.00 bits per heavy atom. The molecule has 0 radical (unpaired) electrons. The maximum absolute atomic E-state index is 12.6. The lowest BCUT2D eigenvalue weighted by atomic mass is 10.0. The summed E-state index contributed by atoms with van der Waals surface area (Å²) in [4.78, 5) is 26.0. The van der Waals surface area contributed by atoms with E-state index in [0.717, 1.165) is 11.8 Å². The number of nitrogens with two attached hydrogens (primary N) is 1. The molecule has 1 fully saturated rings. The summed E-state index contributed by atoms with van der Waals surface area (Å²) < 4.78 is 5.54. The minimum Gasteiger partial charge on any atom is -0.459 e. The van der Waals surface area contributed by atoms with Crippen molar-refractivity contribution in [1.82, 2.24) is 4.90 Å². The highest BCUT2D eigenvalue weighted by molar-refractivity contribution is 5.78. The molecule has 1 heterocycles. The van der Waals surface area contributed by atoms with Gasteiger partial charge in [0.25, 0.3) is 0 Å². The van der Waals surface area contributed by atoms with Crippen molar-refractivity contribution in [2.75, 3.05) is 6.54 Å². The van der Waals surface area contributed by atoms with Crippen LogP contribution in [0.25, 0.3) is 0 Å². The second-order valence-electron chi connectivity index (χ2n) is 7.05. The number of carbonyl (C=O) groups excluding carboxylic acids is 2. The zero-order valence-corrected chi connectivity index (χ0v) is 14.1. The fraction of sp³-hybridized carbons (Fsp3) is 0.556. The molecule has 5 nitrogen and oxygen atoms in total. The molecular formula is C18H26N2O3. The first-order valence-corrected chi connectivity index (χ1v) is 8.03. The second kappa shape index (κ2) is 7.23. The van der Waals surface area contributed by atoms with Gasteiger partial charge in [-0.25, -0.2) is 0 Å². The summed E-state index contributed by atoms with van der Waals surface area (Å²) in [6.45, 7) is 6.46. The number of hydrogen-bond acceptors (Lipinski definition) is 5. The van der Waals surface area contributed by atoms with Crippen LogP contribution in [0.15, 0.2) is 30.3 Å². The summed E-state index contributed by atoms with van der Waals surface area (Å²) in [6, 6.07) is 9.32. The molecule has 23 heavy (non-hydrogen) atoms. The number of carbonyl (C=O) groups is 2. The highest BCUT2D eigenvalue weighted by atomic mass is 16.6. The van der Waals surface area contributed by atoms with E-state index in [1.807, 2.05) is 56.0 Å². The van der Waals surface area contributed by atoms with Gasteiger partial charge in [0.2, 0.25) is 0 Å². The molecule has 0 aliphatic carbocycles. The summed E-state index contributed by atoms with van der Waals surface area (Å²) in [5.74, 6) is -0.516. The fourth-order valence-electron chi connectivity index (χ4n) is 3.11. The van der Waals surface area contributed by atoms with Gasteiger partial charge >= 0.3 is 5.97 Å². The molecule has 0 bridgehead atoms. The van der Waals surface area contributed by atoms with Gasteiger partial charge < -0.3 is 15.3 Å². The van der Waals surface area contributed by atoms with Gasteiger partial charge in [0, 0.05) is 25.0 Å². The molecule has 5 heteroatoms. The van der Waals surface area contributed by atoms with Crippen molar-refractivity contribution in [1.29, 1.82) is 0 Å². The van der Waals surface area contributed by atoms with Gasteiger partial charge in [0.1, 0.15) is 17.9 Å². The van der Waals surface area contributed by atoms with Crippen molar-refractivity contribution in [2.24, 2.45) is 11.7 Å². The lowest BCUT2D eigenvalue weighted by Gasteiger charge is -2.31. The third kappa shape index (κ3) is 4.39. The average molecular weight is 318 g/mol. The maximum Gasteiger partial charge on any atom is 0.323 e. The maximum atomic E-state index is 12.6. The summed E-state index contributed by atoms with van der Waals surface area (Å²) in [6.07, 6.45) is 1.38. The van der Waals surface area contributed by atoms with Gasteiger partial charge in [0.15, 0.2) is 0 Å². The molecule has 0 saturated carbocycles. The molecule has 1 aromatic carbocycles. The number of hydrogen-bond donors (Lipinski definition) is 1. The third-order valence-corrected chi connectivity index (χ3v) is 4.12. The van der Waals surface area contributed by atoms with E-state index in [0.29, 0.717) is 19.5 Å². The predicted molar refractivity (Wildman–Crippen MR) is 88.6 cm³/mol. The first kappa shape index (κ1) is 17.6. The summed E-state index contributed by atoms with van der Waals surface area (Å²) in [5, 5.41) is 0. The van der Waals surface area contributed by atoms with Crippen molar-refractivity contribution in [3.63, 3.8) is 0 Å². The Morgan fingerprint density at radius 3 is 2.52 bits per heavy atom. The van der Waals surface area contributed by atoms with E-state index in [-0.39, 0.29) is 17.9 Å². The first-order chi connectivity index (χ1) is 10.9. The monoisotopic (exact) mass is 318 g/mol. The molecule has 126 valence electrons. The Balaban J connectivity index is 2.23. The van der Waals surface area contributed by atoms with Crippen molar-refractivity contribution < 1.29 is 14.3 Å². The highest BCUT2D eigenvalue weighted by Gasteiger charge is 2.45. The van der Waals surface area contributed by atoms with Crippen molar-refractivity contribution in [2.45, 2.75) is 51.4 Å². The Kier molecular flexibility index (Phi) is 5.55. The van der Waals surface area contributed by atoms with Gasteiger partial charge in [-0.15, -0.1) is 0 Å². The quantitative estimate of drug-likeness (QED) is 0.661. The number of aldehydes is 1. The van der Waals surface area contributed by atoms with Crippen LogP contribution in [0.1, 0.15) is 32.8 Å². The summed E-state index contributed by atoms with van der Waals surface area (Å²) >= 11 is 0. The Hall–Kier alpha value is -1.72. The smallest absolute Gasteiger partial charge is 0.323 e. The summed E-state index contributed by atoms with van der Waals surface area (Å²) in [5.41, 5.74) is 6.42. The number of esters is 1. The van der Waals surface area contributed by atoms with E-state index in [1.54, 1.807) is 0 Å². The van der Waals surface area contributed by atoms with Gasteiger partial charge in [-0.05, 0) is 32.8 Å². The normalized spacial score (nSPS) is 25.3. The highest BCUT2D eigenvalue weighted by Crippen LogP contribution is 2.31. The van der Waals surface area contributed by atoms with Gasteiger partial charge in [-0.2, -0.15) is 0 Å². The standard InChI is InChI=1S/C18H26N2O3/c1-18(2,3)23-17(22)15-9-14(12-21)16(10-19)20(15)11-13-7-5-4-6-8-13/h4-8,12,14-16H,9-11,19H2,1-3H3/t14-,15+,16-/m0/s1. The van der Waals surface area contributed by atoms with Crippen LogP contribution in [0.4, 0.5) is 0 Å². The molecular weight excluding hydrogens is 292 g/mol. The molecule has 2 rings (SSSR count). The summed E-state index contributed by atoms with van der Waals surface area (Å²) in [7, 11) is 0. The van der Waals surface area contributed by atoms with Crippen LogP contribution < -0.4 is 5.73 Å². The minimum atomic E-state index is -0.549. The number of rotatable bonds is 5. The lowest BCUT2D eigenvalue weighted by molar-refractivity contribution is -0.161. The molecule has 0 aromatic heterocycles. The van der Waals surface area contributed by atoms with Crippen molar-refractivity contribution in [3.05, 3.63) is 35.9 Å². The zero-order chi connectivity index (χ0) is 17.0. The molecule has 1 aromatic rings. The van der Waals surface area contributed by atoms with Crippen LogP contribution >= 0.6 is 0 Å². The molecule has 3 atom stereocenters. The van der Waals surface area contributed by atoms with Crippen LogP contribution in [0, 0.1) is 5.92 Å². The topological polar surface area (TPSA) is 72.6 Å². The molecule has 1 aliphatic rings. The van der Waals surface area contributed by atoms with Crippen LogP contribution in [-0.4, -0.2) is 41.4 Å². The van der Waals surface area contributed by atoms with Gasteiger partial charge in [-0.1, -0.05) is 30.3 Å². The van der Waals surface area contributed by atoms with E-state index in [4.69, 9.17) is 10.5 Å². The molecule has 1 saturated heterocycles. The number of nitrogens with zero attached hydrogens (tertiary/aromatic N) is 1. The Bertz CT molecular complexity index is 539. The molecule has 0 unspecified atom stereocenters. The van der Waals surface area contributed by atoms with Gasteiger partial charge in [0.05, 0.1) is 0 Å². The number of benzene rings is 1. The fourth-order valence-corrected chi connectivity index (χ4v) is 3.11. The number of likely N-dealkylation sites (tertiary alicyclic amines) is 1. The van der Waals surface area contributed by atoms with Crippen LogP contribution in [0.2, 0.25) is 0 Å². The van der Waals surface area contributed by atoms with Crippen LogP contribution in [-0.2, 0) is 20.9 Å². The van der Waals surface area contributed by atoms with E-state index >= 15 is 0 Å². The average Bonchev–Trinajstić information content (AvgIpc) is 2.84. The number of ether oxygens (including phenoxy) is 1. The first-order valence-electron chi connectivity index (χ1n) is 8.03. The van der Waals surface area contributed by atoms with Crippen LogP contribution in [0.5, 0.6) is 0 Å². The molecule has 0 amide bonds. The van der Waals surface area contributed by atoms with E-state index in [2.05, 4.69) is 0 Å². The van der Waals surface area contributed by atoms with E-state index in [1.165, 1.54) is 0 Å². The molecule has 2 N–H and O–H groups in total. The van der Waals surface area contributed by atoms with Crippen LogP contribution in [0.3, 0.4) is 0 Å². The zero-order valence-electron chi connectivity index (χ0n) is 14.1. The largest absolute Gasteiger partial charge is 0.459 e. The third-order valence-electron chi connectivity index (χ3n) is 4.12. The Labute approximate surface area is 137 Å². The SMILES string of the molecule is CC(C)(C)OC(=O)[C@H]1C[C@@H](C=O)[C@H](CN)N1Cc1ccccc1. The van der Waals surface area contributed by atoms with Gasteiger partial charge in [-0.3, -0.25) is 9.69 Å². The molecule has 0 spiro atoms. The second-order valence-corrected chi connectivity index (χ2v) is 7.05. The van der Waals surface area contributed by atoms with E-state index < -0.39 is 11.6 Å². The molecule has 1 aliphatic heterocycles. The van der Waals surface area contributed by atoms with Crippen molar-refractivity contribution >= 4 is 12.3 Å². The predicted octanol–water partition coefficient (Wildman–Crippen LogP) is 1.74. The minimum absolute atomic E-state index is 0.134. The van der Waals surface area contributed by atoms with E-state index in [9.17, 15) is 9.59 Å². The Morgan fingerprint density at radius 1 is 1.35 bits per heavy atom.